The van der Waals surface area contributed by atoms with E-state index in [0.717, 1.165) is 12.2 Å². The van der Waals surface area contributed by atoms with E-state index in [1.807, 2.05) is 6.92 Å². The SMILES string of the molecule is CCC=C(F)Cn1ccnc1.c1ccc(B(c2ccccc2)C2CCCCC2)cc1. The van der Waals surface area contributed by atoms with Gasteiger partial charge in [0.25, 0.3) is 0 Å². The van der Waals surface area contributed by atoms with E-state index in [0.29, 0.717) is 13.3 Å². The van der Waals surface area contributed by atoms with Crippen molar-refractivity contribution in [2.45, 2.75) is 57.8 Å². The summed E-state index contributed by atoms with van der Waals surface area (Å²) in [4.78, 5) is 3.80. The first kappa shape index (κ1) is 22.1. The molecule has 4 heteroatoms. The molecule has 0 atom stereocenters. The first-order chi connectivity index (χ1) is 14.8. The van der Waals surface area contributed by atoms with Crippen molar-refractivity contribution >= 4 is 17.6 Å². The summed E-state index contributed by atoms with van der Waals surface area (Å²) in [5, 5.41) is 0. The molecule has 0 bridgehead atoms. The molecule has 0 spiro atoms. The van der Waals surface area contributed by atoms with Gasteiger partial charge in [-0.15, -0.1) is 0 Å². The van der Waals surface area contributed by atoms with E-state index in [-0.39, 0.29) is 5.83 Å². The first-order valence-electron chi connectivity index (χ1n) is 11.2. The second-order valence-electron chi connectivity index (χ2n) is 7.99. The van der Waals surface area contributed by atoms with E-state index in [1.165, 1.54) is 43.0 Å². The molecular weight excluding hydrogens is 370 g/mol. The second-order valence-corrected chi connectivity index (χ2v) is 7.99. The van der Waals surface area contributed by atoms with Gasteiger partial charge in [-0.2, -0.15) is 0 Å². The maximum atomic E-state index is 12.8. The average Bonchev–Trinajstić information content (AvgIpc) is 3.30. The number of hydrogen-bond donors (Lipinski definition) is 0. The zero-order chi connectivity index (χ0) is 21.0. The minimum absolute atomic E-state index is 0.106. The molecule has 1 heterocycles. The van der Waals surface area contributed by atoms with E-state index < -0.39 is 0 Å². The van der Waals surface area contributed by atoms with Crippen molar-refractivity contribution in [3.8, 4) is 0 Å². The molecular formula is C26H32BFN2. The summed E-state index contributed by atoms with van der Waals surface area (Å²) in [5.74, 6) is 0.712. The van der Waals surface area contributed by atoms with Gasteiger partial charge in [-0.3, -0.25) is 0 Å². The Morgan fingerprint density at radius 2 is 1.60 bits per heavy atom. The van der Waals surface area contributed by atoms with Crippen LogP contribution in [0.3, 0.4) is 0 Å². The highest BCUT2D eigenvalue weighted by atomic mass is 19.1. The summed E-state index contributed by atoms with van der Waals surface area (Å²) in [5.41, 5.74) is 2.97. The van der Waals surface area contributed by atoms with Crippen LogP contribution in [0.2, 0.25) is 5.82 Å². The predicted octanol–water partition coefficient (Wildman–Crippen LogP) is 5.78. The number of rotatable bonds is 6. The standard InChI is InChI=1S/C18H21B.C8H11FN2/c1-4-10-16(11-5-1)19(17-12-6-2-7-13-17)18-14-8-3-9-15-18;1-2-3-8(9)6-11-5-4-10-7-11/h1-2,4-7,10-13,18H,3,8-9,14-15H2;3-5,7H,2,6H2,1H3. The fourth-order valence-electron chi connectivity index (χ4n) is 4.37. The van der Waals surface area contributed by atoms with Crippen molar-refractivity contribution in [1.29, 1.82) is 0 Å². The number of nitrogens with zero attached hydrogens (tertiary/aromatic N) is 2. The highest BCUT2D eigenvalue weighted by Crippen LogP contribution is 2.31. The zero-order valence-electron chi connectivity index (χ0n) is 18.0. The molecule has 4 rings (SSSR count). The van der Waals surface area contributed by atoms with Gasteiger partial charge < -0.3 is 4.57 Å². The largest absolute Gasteiger partial charge is 0.331 e. The van der Waals surface area contributed by atoms with Crippen molar-refractivity contribution in [3.05, 3.63) is 91.3 Å². The van der Waals surface area contributed by atoms with Crippen molar-refractivity contribution in [2.24, 2.45) is 0 Å². The van der Waals surface area contributed by atoms with Gasteiger partial charge in [0.05, 0.1) is 12.9 Å². The maximum Gasteiger partial charge on any atom is 0.212 e. The van der Waals surface area contributed by atoms with Gasteiger partial charge in [0.2, 0.25) is 6.71 Å². The Kier molecular flexibility index (Phi) is 8.95. The summed E-state index contributed by atoms with van der Waals surface area (Å²) < 4.78 is 14.5. The zero-order valence-corrected chi connectivity index (χ0v) is 18.0. The molecule has 0 amide bonds. The smallest absolute Gasteiger partial charge is 0.212 e. The van der Waals surface area contributed by atoms with E-state index in [9.17, 15) is 4.39 Å². The third-order valence-electron chi connectivity index (χ3n) is 5.76. The highest BCUT2D eigenvalue weighted by molar-refractivity contribution is 6.86. The minimum atomic E-state index is -0.106. The molecule has 0 aliphatic heterocycles. The van der Waals surface area contributed by atoms with Gasteiger partial charge in [0.1, 0.15) is 5.83 Å². The lowest BCUT2D eigenvalue weighted by molar-refractivity contribution is 0.499. The molecule has 2 aromatic carbocycles. The van der Waals surface area contributed by atoms with Crippen LogP contribution in [0.15, 0.2) is 91.3 Å². The van der Waals surface area contributed by atoms with E-state index in [4.69, 9.17) is 0 Å². The number of benzene rings is 2. The lowest BCUT2D eigenvalue weighted by atomic mass is 9.32. The number of aromatic nitrogens is 2. The first-order valence-corrected chi connectivity index (χ1v) is 11.2. The third-order valence-corrected chi connectivity index (χ3v) is 5.76. The molecule has 0 N–H and O–H groups in total. The van der Waals surface area contributed by atoms with Crippen LogP contribution in [-0.2, 0) is 6.54 Å². The molecule has 1 fully saturated rings. The van der Waals surface area contributed by atoms with Crippen LogP contribution in [0.25, 0.3) is 0 Å². The average molecular weight is 402 g/mol. The number of hydrogen-bond acceptors (Lipinski definition) is 1. The van der Waals surface area contributed by atoms with E-state index >= 15 is 0 Å². The normalized spacial score (nSPS) is 14.7. The number of allylic oxidation sites excluding steroid dienone is 2. The molecule has 156 valence electrons. The van der Waals surface area contributed by atoms with Gasteiger partial charge in [0.15, 0.2) is 0 Å². The van der Waals surface area contributed by atoms with Gasteiger partial charge >= 0.3 is 0 Å². The molecule has 0 unspecified atom stereocenters. The van der Waals surface area contributed by atoms with Crippen LogP contribution in [0.4, 0.5) is 4.39 Å². The topological polar surface area (TPSA) is 17.8 Å². The molecule has 1 saturated carbocycles. The lowest BCUT2D eigenvalue weighted by Gasteiger charge is -2.28. The highest BCUT2D eigenvalue weighted by Gasteiger charge is 2.29. The Morgan fingerprint density at radius 3 is 2.10 bits per heavy atom. The number of halogens is 1. The van der Waals surface area contributed by atoms with Crippen LogP contribution in [0.5, 0.6) is 0 Å². The molecule has 0 radical (unpaired) electrons. The van der Waals surface area contributed by atoms with Crippen molar-refractivity contribution in [3.63, 3.8) is 0 Å². The van der Waals surface area contributed by atoms with Crippen LogP contribution in [0, 0.1) is 0 Å². The molecule has 1 aliphatic rings. The van der Waals surface area contributed by atoms with Gasteiger partial charge in [-0.25, -0.2) is 9.37 Å². The van der Waals surface area contributed by atoms with Crippen molar-refractivity contribution in [2.75, 3.05) is 0 Å². The Labute approximate surface area is 180 Å². The Hall–Kier alpha value is -2.62. The van der Waals surface area contributed by atoms with Gasteiger partial charge in [-0.1, -0.05) is 123 Å². The van der Waals surface area contributed by atoms with Gasteiger partial charge in [-0.05, 0) is 6.42 Å². The van der Waals surface area contributed by atoms with E-state index in [2.05, 4.69) is 65.6 Å². The van der Waals surface area contributed by atoms with Gasteiger partial charge in [0, 0.05) is 12.4 Å². The Bertz CT molecular complexity index is 817. The van der Waals surface area contributed by atoms with Crippen LogP contribution in [-0.4, -0.2) is 16.3 Å². The summed E-state index contributed by atoms with van der Waals surface area (Å²) in [6.45, 7) is 2.80. The quantitative estimate of drug-likeness (QED) is 0.478. The number of imidazole rings is 1. The van der Waals surface area contributed by atoms with Crippen LogP contribution < -0.4 is 10.9 Å². The lowest BCUT2D eigenvalue weighted by Crippen LogP contribution is -2.46. The molecule has 1 aromatic heterocycles. The fourth-order valence-corrected chi connectivity index (χ4v) is 4.37. The molecule has 0 saturated heterocycles. The molecule has 30 heavy (non-hydrogen) atoms. The van der Waals surface area contributed by atoms with Crippen LogP contribution in [0.1, 0.15) is 45.4 Å². The molecule has 2 nitrogen and oxygen atoms in total. The summed E-state index contributed by atoms with van der Waals surface area (Å²) >= 11 is 0. The van der Waals surface area contributed by atoms with Crippen molar-refractivity contribution in [1.82, 2.24) is 9.55 Å². The molecule has 3 aromatic rings. The summed E-state index contributed by atoms with van der Waals surface area (Å²) in [7, 11) is 0. The third kappa shape index (κ3) is 6.72. The van der Waals surface area contributed by atoms with Crippen molar-refractivity contribution < 1.29 is 4.39 Å². The minimum Gasteiger partial charge on any atom is -0.331 e. The molecule has 1 aliphatic carbocycles. The Morgan fingerprint density at radius 1 is 1.00 bits per heavy atom. The predicted molar refractivity (Wildman–Crippen MR) is 126 cm³/mol. The summed E-state index contributed by atoms with van der Waals surface area (Å²) in [6, 6.07) is 22.1. The monoisotopic (exact) mass is 402 g/mol. The second kappa shape index (κ2) is 12.2. The van der Waals surface area contributed by atoms with Crippen LogP contribution >= 0.6 is 0 Å². The summed E-state index contributed by atoms with van der Waals surface area (Å²) in [6.07, 6.45) is 14.3. The van der Waals surface area contributed by atoms with E-state index in [1.54, 1.807) is 29.4 Å². The Balaban J connectivity index is 0.000000199. The maximum absolute atomic E-state index is 12.8. The fraction of sp³-hybridized carbons (Fsp3) is 0.346.